The van der Waals surface area contributed by atoms with Gasteiger partial charge in [-0.15, -0.1) is 0 Å². The third-order valence-corrected chi connectivity index (χ3v) is 4.24. The minimum Gasteiger partial charge on any atom is -0.328 e. The van der Waals surface area contributed by atoms with Gasteiger partial charge in [0.25, 0.3) is 0 Å². The van der Waals surface area contributed by atoms with Crippen molar-refractivity contribution in [1.29, 1.82) is 0 Å². The molecule has 2 aliphatic carbocycles. The van der Waals surface area contributed by atoms with E-state index in [0.29, 0.717) is 11.5 Å². The maximum absolute atomic E-state index is 5.89. The van der Waals surface area contributed by atoms with Crippen LogP contribution in [-0.2, 0) is 0 Å². The number of rotatable bonds is 4. The molecule has 0 aromatic heterocycles. The Morgan fingerprint density at radius 1 is 1.21 bits per heavy atom. The van der Waals surface area contributed by atoms with Crippen LogP contribution in [0.2, 0.25) is 0 Å². The predicted molar refractivity (Wildman–Crippen MR) is 60.2 cm³/mol. The fourth-order valence-corrected chi connectivity index (χ4v) is 2.52. The minimum absolute atomic E-state index is 0.481. The molecule has 0 radical (unpaired) electrons. The van der Waals surface area contributed by atoms with E-state index in [-0.39, 0.29) is 0 Å². The zero-order chi connectivity index (χ0) is 10.0. The first-order valence-corrected chi connectivity index (χ1v) is 6.23. The minimum atomic E-state index is 0.481. The fourth-order valence-electron chi connectivity index (χ4n) is 2.52. The number of nitrogens with one attached hydrogen (secondary N) is 1. The number of hydrogen-bond donors (Lipinski definition) is 2. The average Bonchev–Trinajstić information content (AvgIpc) is 2.98. The Kier molecular flexibility index (Phi) is 3.13. The van der Waals surface area contributed by atoms with E-state index in [0.717, 1.165) is 6.04 Å². The molecule has 0 spiro atoms. The molecule has 82 valence electrons. The van der Waals surface area contributed by atoms with Crippen LogP contribution >= 0.6 is 0 Å². The monoisotopic (exact) mass is 196 g/mol. The lowest BCUT2D eigenvalue weighted by Crippen LogP contribution is -2.39. The average molecular weight is 196 g/mol. The van der Waals surface area contributed by atoms with Gasteiger partial charge >= 0.3 is 0 Å². The van der Waals surface area contributed by atoms with E-state index in [9.17, 15) is 0 Å². The largest absolute Gasteiger partial charge is 0.328 e. The van der Waals surface area contributed by atoms with Crippen molar-refractivity contribution < 1.29 is 0 Å². The highest BCUT2D eigenvalue weighted by atomic mass is 14.9. The van der Waals surface area contributed by atoms with E-state index in [2.05, 4.69) is 12.2 Å². The topological polar surface area (TPSA) is 38.0 Å². The first-order chi connectivity index (χ1) is 6.74. The molecule has 0 heterocycles. The molecule has 0 aromatic rings. The lowest BCUT2D eigenvalue weighted by Gasteiger charge is -2.28. The Hall–Kier alpha value is -0.0800. The van der Waals surface area contributed by atoms with Crippen LogP contribution < -0.4 is 11.1 Å². The molecular weight excluding hydrogens is 172 g/mol. The van der Waals surface area contributed by atoms with E-state index in [1.807, 2.05) is 0 Å². The molecule has 2 rings (SSSR count). The summed E-state index contributed by atoms with van der Waals surface area (Å²) in [7, 11) is 0. The van der Waals surface area contributed by atoms with Crippen molar-refractivity contribution in [3.63, 3.8) is 0 Å². The standard InChI is InChI=1S/C12H24N2/c1-2-12(7-8-12)9-14-11-5-3-10(13)4-6-11/h10-11,14H,2-9,13H2,1H3. The Labute approximate surface area is 87.6 Å². The molecule has 2 fully saturated rings. The molecule has 2 saturated carbocycles. The molecule has 14 heavy (non-hydrogen) atoms. The van der Waals surface area contributed by atoms with Crippen molar-refractivity contribution in [1.82, 2.24) is 5.32 Å². The van der Waals surface area contributed by atoms with E-state index in [1.165, 1.54) is 51.5 Å². The molecule has 0 aromatic carbocycles. The lowest BCUT2D eigenvalue weighted by molar-refractivity contribution is 0.314. The van der Waals surface area contributed by atoms with Crippen molar-refractivity contribution in [2.24, 2.45) is 11.1 Å². The molecule has 0 atom stereocenters. The summed E-state index contributed by atoms with van der Waals surface area (Å²) in [6.07, 6.45) is 9.27. The lowest BCUT2D eigenvalue weighted by atomic mass is 9.91. The zero-order valence-electron chi connectivity index (χ0n) is 9.39. The van der Waals surface area contributed by atoms with E-state index < -0.39 is 0 Å². The predicted octanol–water partition coefficient (Wildman–Crippen LogP) is 2.04. The van der Waals surface area contributed by atoms with Gasteiger partial charge in [-0.1, -0.05) is 6.92 Å². The van der Waals surface area contributed by atoms with Crippen molar-refractivity contribution in [2.75, 3.05) is 6.54 Å². The quantitative estimate of drug-likeness (QED) is 0.722. The summed E-state index contributed by atoms with van der Waals surface area (Å²) in [4.78, 5) is 0. The first-order valence-electron chi connectivity index (χ1n) is 6.23. The Balaban J connectivity index is 1.66. The van der Waals surface area contributed by atoms with Crippen molar-refractivity contribution in [3.05, 3.63) is 0 Å². The SMILES string of the molecule is CCC1(CNC2CCC(N)CC2)CC1. The summed E-state index contributed by atoms with van der Waals surface area (Å²) >= 11 is 0. The van der Waals surface area contributed by atoms with Gasteiger partial charge in [0.15, 0.2) is 0 Å². The molecule has 2 aliphatic rings. The highest BCUT2D eigenvalue weighted by Crippen LogP contribution is 2.48. The van der Waals surface area contributed by atoms with Crippen LogP contribution in [0.1, 0.15) is 51.9 Å². The maximum atomic E-state index is 5.89. The van der Waals surface area contributed by atoms with Crippen molar-refractivity contribution in [3.8, 4) is 0 Å². The van der Waals surface area contributed by atoms with Crippen LogP contribution in [0.25, 0.3) is 0 Å². The van der Waals surface area contributed by atoms with Crippen LogP contribution in [0.15, 0.2) is 0 Å². The molecule has 2 heteroatoms. The first kappa shape index (κ1) is 10.4. The summed E-state index contributed by atoms with van der Waals surface area (Å²) in [5.74, 6) is 0. The molecule has 0 bridgehead atoms. The van der Waals surface area contributed by atoms with Crippen molar-refractivity contribution >= 4 is 0 Å². The van der Waals surface area contributed by atoms with E-state index >= 15 is 0 Å². The second kappa shape index (κ2) is 4.19. The van der Waals surface area contributed by atoms with E-state index in [1.54, 1.807) is 0 Å². The van der Waals surface area contributed by atoms with Gasteiger partial charge in [-0.2, -0.15) is 0 Å². The molecular formula is C12H24N2. The van der Waals surface area contributed by atoms with Crippen LogP contribution in [0.3, 0.4) is 0 Å². The second-order valence-electron chi connectivity index (χ2n) is 5.35. The van der Waals surface area contributed by atoms with Gasteiger partial charge in [0.1, 0.15) is 0 Å². The molecule has 0 aliphatic heterocycles. The third kappa shape index (κ3) is 2.48. The van der Waals surface area contributed by atoms with Gasteiger partial charge in [0, 0.05) is 18.6 Å². The number of nitrogens with two attached hydrogens (primary N) is 1. The summed E-state index contributed by atoms with van der Waals surface area (Å²) < 4.78 is 0. The fraction of sp³-hybridized carbons (Fsp3) is 1.00. The van der Waals surface area contributed by atoms with E-state index in [4.69, 9.17) is 5.73 Å². The van der Waals surface area contributed by atoms with Crippen LogP contribution in [0, 0.1) is 5.41 Å². The molecule has 3 N–H and O–H groups in total. The van der Waals surface area contributed by atoms with Gasteiger partial charge in [-0.3, -0.25) is 0 Å². The molecule has 0 saturated heterocycles. The van der Waals surface area contributed by atoms with Gasteiger partial charge in [-0.05, 0) is 50.4 Å². The summed E-state index contributed by atoms with van der Waals surface area (Å²) in [6, 6.07) is 1.24. The van der Waals surface area contributed by atoms with Gasteiger partial charge in [-0.25, -0.2) is 0 Å². The molecule has 0 amide bonds. The van der Waals surface area contributed by atoms with Crippen LogP contribution in [0.4, 0.5) is 0 Å². The highest BCUT2D eigenvalue weighted by molar-refractivity contribution is 4.94. The summed E-state index contributed by atoms with van der Waals surface area (Å²) in [5, 5.41) is 3.74. The Bertz CT molecular complexity index is 179. The molecule has 2 nitrogen and oxygen atoms in total. The van der Waals surface area contributed by atoms with Crippen LogP contribution in [-0.4, -0.2) is 18.6 Å². The van der Waals surface area contributed by atoms with Crippen molar-refractivity contribution in [2.45, 2.75) is 64.0 Å². The Morgan fingerprint density at radius 3 is 2.36 bits per heavy atom. The van der Waals surface area contributed by atoms with Gasteiger partial charge in [0.05, 0.1) is 0 Å². The van der Waals surface area contributed by atoms with Gasteiger partial charge in [0.2, 0.25) is 0 Å². The Morgan fingerprint density at radius 2 is 1.86 bits per heavy atom. The third-order valence-electron chi connectivity index (χ3n) is 4.24. The summed E-state index contributed by atoms with van der Waals surface area (Å²) in [6.45, 7) is 3.58. The zero-order valence-corrected chi connectivity index (χ0v) is 9.39. The van der Waals surface area contributed by atoms with Gasteiger partial charge < -0.3 is 11.1 Å². The maximum Gasteiger partial charge on any atom is 0.00684 e. The highest BCUT2D eigenvalue weighted by Gasteiger charge is 2.40. The van der Waals surface area contributed by atoms with Crippen LogP contribution in [0.5, 0.6) is 0 Å². The smallest absolute Gasteiger partial charge is 0.00684 e. The normalized spacial score (nSPS) is 35.6. The molecule has 0 unspecified atom stereocenters. The summed E-state index contributed by atoms with van der Waals surface area (Å²) in [5.41, 5.74) is 6.58. The number of hydrogen-bond acceptors (Lipinski definition) is 2. The second-order valence-corrected chi connectivity index (χ2v) is 5.35.